The number of fused-ring (bicyclic) bond motifs is 1. The lowest BCUT2D eigenvalue weighted by Crippen LogP contribution is -2.56. The number of piperazine rings is 1. The molecule has 2 aromatic rings. The second-order valence-electron chi connectivity index (χ2n) is 8.59. The summed E-state index contributed by atoms with van der Waals surface area (Å²) in [5.41, 5.74) is 2.05. The van der Waals surface area contributed by atoms with E-state index < -0.39 is 6.04 Å². The highest BCUT2D eigenvalue weighted by molar-refractivity contribution is 5.92. The van der Waals surface area contributed by atoms with Crippen molar-refractivity contribution in [2.24, 2.45) is 0 Å². The van der Waals surface area contributed by atoms with E-state index in [2.05, 4.69) is 4.98 Å². The number of rotatable bonds is 4. The number of benzene rings is 1. The molecule has 0 bridgehead atoms. The van der Waals surface area contributed by atoms with Crippen LogP contribution in [0.4, 0.5) is 0 Å². The first-order valence-electron chi connectivity index (χ1n) is 11.2. The zero-order chi connectivity index (χ0) is 21.4. The largest absolute Gasteiger partial charge is 0.368 e. The van der Waals surface area contributed by atoms with Gasteiger partial charge in [-0.05, 0) is 30.9 Å². The number of aromatic amines is 1. The van der Waals surface area contributed by atoms with E-state index in [0.717, 1.165) is 29.3 Å². The molecule has 0 radical (unpaired) electrons. The highest BCUT2D eigenvalue weighted by atomic mass is 16.5. The Balaban J connectivity index is 1.23. The monoisotopic (exact) mass is 424 g/mol. The Morgan fingerprint density at radius 1 is 1.03 bits per heavy atom. The van der Waals surface area contributed by atoms with E-state index in [9.17, 15) is 14.4 Å². The van der Waals surface area contributed by atoms with Crippen molar-refractivity contribution in [2.45, 2.75) is 44.4 Å². The van der Waals surface area contributed by atoms with Crippen LogP contribution >= 0.6 is 0 Å². The molecular formula is C23H28N4O4. The predicted molar refractivity (Wildman–Crippen MR) is 114 cm³/mol. The number of hydrogen-bond donors (Lipinski definition) is 1. The minimum atomic E-state index is -0.429. The van der Waals surface area contributed by atoms with Crippen LogP contribution in [-0.4, -0.2) is 82.3 Å². The fraction of sp³-hybridized carbons (Fsp3) is 0.522. The predicted octanol–water partition coefficient (Wildman–Crippen LogP) is 1.51. The van der Waals surface area contributed by atoms with Crippen LogP contribution in [0.3, 0.4) is 0 Å². The fourth-order valence-electron chi connectivity index (χ4n) is 4.97. The van der Waals surface area contributed by atoms with Crippen molar-refractivity contribution in [1.29, 1.82) is 0 Å². The lowest BCUT2D eigenvalue weighted by atomic mass is 10.1. The first kappa shape index (κ1) is 20.1. The summed E-state index contributed by atoms with van der Waals surface area (Å²) >= 11 is 0. The maximum Gasteiger partial charge on any atom is 0.251 e. The van der Waals surface area contributed by atoms with Gasteiger partial charge in [-0.25, -0.2) is 0 Å². The Morgan fingerprint density at radius 3 is 2.52 bits per heavy atom. The van der Waals surface area contributed by atoms with Crippen LogP contribution in [0.25, 0.3) is 10.9 Å². The average molecular weight is 425 g/mol. The second-order valence-corrected chi connectivity index (χ2v) is 8.59. The van der Waals surface area contributed by atoms with Crippen LogP contribution in [0.2, 0.25) is 0 Å². The van der Waals surface area contributed by atoms with Gasteiger partial charge in [-0.15, -0.1) is 0 Å². The number of H-pyrrole nitrogens is 1. The van der Waals surface area contributed by atoms with E-state index in [1.165, 1.54) is 0 Å². The summed E-state index contributed by atoms with van der Waals surface area (Å²) in [5.74, 6) is 0.0624. The van der Waals surface area contributed by atoms with Crippen molar-refractivity contribution in [2.75, 3.05) is 32.8 Å². The maximum atomic E-state index is 13.3. The molecule has 3 aliphatic rings. The minimum Gasteiger partial charge on any atom is -0.368 e. The Bertz CT molecular complexity index is 988. The van der Waals surface area contributed by atoms with Crippen LogP contribution in [0, 0.1) is 0 Å². The zero-order valence-corrected chi connectivity index (χ0v) is 17.6. The third-order valence-electron chi connectivity index (χ3n) is 6.74. The van der Waals surface area contributed by atoms with Crippen LogP contribution in [0.5, 0.6) is 0 Å². The van der Waals surface area contributed by atoms with E-state index in [0.29, 0.717) is 52.2 Å². The number of carbonyl (C=O) groups excluding carboxylic acids is 3. The SMILES string of the molecule is O=C(C1CCCO1)N1CCN(C(=O)C2CCC(=O)N2Cc2c[nH]c3ccccc23)CC1. The Kier molecular flexibility index (Phi) is 5.40. The van der Waals surface area contributed by atoms with Crippen molar-refractivity contribution in [3.8, 4) is 0 Å². The maximum absolute atomic E-state index is 13.3. The van der Waals surface area contributed by atoms with Crippen molar-refractivity contribution in [3.05, 3.63) is 36.0 Å². The van der Waals surface area contributed by atoms with Gasteiger partial charge in [-0.3, -0.25) is 14.4 Å². The van der Waals surface area contributed by atoms with Gasteiger partial charge in [-0.1, -0.05) is 18.2 Å². The van der Waals surface area contributed by atoms with Crippen molar-refractivity contribution >= 4 is 28.6 Å². The standard InChI is InChI=1S/C23H28N4O4/c28-21-8-7-19(27(21)15-16-14-24-18-5-2-1-4-17(16)18)22(29)25-9-11-26(12-10-25)23(30)20-6-3-13-31-20/h1-2,4-5,14,19-20,24H,3,6-13,15H2. The van der Waals surface area contributed by atoms with E-state index in [-0.39, 0.29) is 23.8 Å². The van der Waals surface area contributed by atoms with Crippen molar-refractivity contribution in [1.82, 2.24) is 19.7 Å². The van der Waals surface area contributed by atoms with E-state index in [1.807, 2.05) is 40.3 Å². The molecule has 5 rings (SSSR count). The summed E-state index contributed by atoms with van der Waals surface area (Å²) < 4.78 is 5.51. The Hall–Kier alpha value is -2.87. The molecule has 0 spiro atoms. The number of hydrogen-bond acceptors (Lipinski definition) is 4. The molecule has 1 aromatic heterocycles. The highest BCUT2D eigenvalue weighted by Crippen LogP contribution is 2.27. The molecule has 31 heavy (non-hydrogen) atoms. The third kappa shape index (κ3) is 3.80. The molecule has 3 fully saturated rings. The number of aromatic nitrogens is 1. The number of nitrogens with one attached hydrogen (secondary N) is 1. The Morgan fingerprint density at radius 2 is 1.77 bits per heavy atom. The molecule has 0 aliphatic carbocycles. The van der Waals surface area contributed by atoms with Gasteiger partial charge in [0.05, 0.1) is 0 Å². The zero-order valence-electron chi connectivity index (χ0n) is 17.6. The summed E-state index contributed by atoms with van der Waals surface area (Å²) in [7, 11) is 0. The van der Waals surface area contributed by atoms with Crippen LogP contribution in [0.1, 0.15) is 31.2 Å². The van der Waals surface area contributed by atoms with Gasteiger partial charge >= 0.3 is 0 Å². The molecule has 8 heteroatoms. The number of ether oxygens (including phenoxy) is 1. The number of carbonyl (C=O) groups is 3. The van der Waals surface area contributed by atoms with Gasteiger partial charge in [0.2, 0.25) is 11.8 Å². The molecule has 3 aliphatic heterocycles. The van der Waals surface area contributed by atoms with Gasteiger partial charge in [0.25, 0.3) is 5.91 Å². The molecule has 3 saturated heterocycles. The smallest absolute Gasteiger partial charge is 0.251 e. The summed E-state index contributed by atoms with van der Waals surface area (Å²) in [5, 5.41) is 1.08. The second kappa shape index (κ2) is 8.34. The van der Waals surface area contributed by atoms with Crippen LogP contribution in [0.15, 0.2) is 30.5 Å². The molecule has 4 heterocycles. The lowest BCUT2D eigenvalue weighted by Gasteiger charge is -2.38. The molecule has 2 atom stereocenters. The van der Waals surface area contributed by atoms with Crippen molar-refractivity contribution < 1.29 is 19.1 Å². The fourth-order valence-corrected chi connectivity index (χ4v) is 4.97. The quantitative estimate of drug-likeness (QED) is 0.806. The first-order valence-corrected chi connectivity index (χ1v) is 11.2. The summed E-state index contributed by atoms with van der Waals surface area (Å²) in [6.45, 7) is 3.13. The Labute approximate surface area is 181 Å². The summed E-state index contributed by atoms with van der Waals surface area (Å²) in [6, 6.07) is 7.56. The van der Waals surface area contributed by atoms with Crippen LogP contribution < -0.4 is 0 Å². The van der Waals surface area contributed by atoms with Crippen LogP contribution in [-0.2, 0) is 25.7 Å². The minimum absolute atomic E-state index is 0.00472. The number of nitrogens with zero attached hydrogens (tertiary/aromatic N) is 3. The van der Waals surface area contributed by atoms with E-state index >= 15 is 0 Å². The van der Waals surface area contributed by atoms with E-state index in [1.54, 1.807) is 4.90 Å². The molecule has 164 valence electrons. The average Bonchev–Trinajstić information content (AvgIpc) is 3.55. The topological polar surface area (TPSA) is 85.9 Å². The highest BCUT2D eigenvalue weighted by Gasteiger charge is 2.40. The number of amides is 3. The molecule has 1 N–H and O–H groups in total. The van der Waals surface area contributed by atoms with Gasteiger partial charge in [0.1, 0.15) is 12.1 Å². The van der Waals surface area contributed by atoms with Gasteiger partial charge in [0.15, 0.2) is 0 Å². The molecule has 3 amide bonds. The van der Waals surface area contributed by atoms with Gasteiger partial charge in [0, 0.05) is 62.9 Å². The molecular weight excluding hydrogens is 396 g/mol. The molecule has 1 aromatic carbocycles. The molecule has 2 unspecified atom stereocenters. The number of para-hydroxylation sites is 1. The number of likely N-dealkylation sites (tertiary alicyclic amines) is 1. The normalized spacial score (nSPS) is 24.4. The summed E-state index contributed by atoms with van der Waals surface area (Å²) in [4.78, 5) is 47.0. The molecule has 8 nitrogen and oxygen atoms in total. The third-order valence-corrected chi connectivity index (χ3v) is 6.74. The van der Waals surface area contributed by atoms with E-state index in [4.69, 9.17) is 4.74 Å². The lowest BCUT2D eigenvalue weighted by molar-refractivity contribution is -0.148. The van der Waals surface area contributed by atoms with Gasteiger partial charge < -0.3 is 24.4 Å². The summed E-state index contributed by atoms with van der Waals surface area (Å²) in [6.07, 6.45) is 4.27. The first-order chi connectivity index (χ1) is 15.1. The van der Waals surface area contributed by atoms with Crippen molar-refractivity contribution in [3.63, 3.8) is 0 Å². The van der Waals surface area contributed by atoms with Gasteiger partial charge in [-0.2, -0.15) is 0 Å². The molecule has 0 saturated carbocycles.